The number of aliphatic hydroxyl groups is 2. The number of halogens is 1. The van der Waals surface area contributed by atoms with Crippen molar-refractivity contribution in [3.05, 3.63) is 75.9 Å². The van der Waals surface area contributed by atoms with Crippen molar-refractivity contribution in [2.75, 3.05) is 19.9 Å². The van der Waals surface area contributed by atoms with Crippen molar-refractivity contribution in [2.45, 2.75) is 56.9 Å². The SMILES string of the molecule is C=CCCCCC(=O)N(Cc1ccc2c(c1)OCO2)[C@@H]1CC(C(=O)NCCO)=C[C@H](Oc2ccccc2I)[C@H]1O. The Morgan fingerprint density at radius 1 is 1.18 bits per heavy atom. The van der Waals surface area contributed by atoms with Crippen LogP contribution in [0.2, 0.25) is 0 Å². The second-order valence-corrected chi connectivity index (χ2v) is 10.9. The lowest BCUT2D eigenvalue weighted by Gasteiger charge is -2.40. The molecule has 0 radical (unpaired) electrons. The number of amides is 2. The molecule has 2 aromatic carbocycles. The van der Waals surface area contributed by atoms with Crippen molar-refractivity contribution in [3.63, 3.8) is 0 Å². The average molecular weight is 663 g/mol. The molecule has 4 rings (SSSR count). The average Bonchev–Trinajstić information content (AvgIpc) is 3.43. The summed E-state index contributed by atoms with van der Waals surface area (Å²) in [5.41, 5.74) is 1.20. The molecule has 2 amide bonds. The molecule has 10 heteroatoms. The van der Waals surface area contributed by atoms with Crippen LogP contribution in [0.4, 0.5) is 0 Å². The number of aliphatic hydroxyl groups excluding tert-OH is 2. The normalized spacial score (nSPS) is 19.5. The molecule has 1 aliphatic heterocycles. The van der Waals surface area contributed by atoms with Gasteiger partial charge in [-0.1, -0.05) is 24.3 Å². The van der Waals surface area contributed by atoms with E-state index in [-0.39, 0.29) is 44.7 Å². The minimum atomic E-state index is -1.10. The first-order valence-corrected chi connectivity index (χ1v) is 14.5. The van der Waals surface area contributed by atoms with Crippen molar-refractivity contribution < 1.29 is 34.0 Å². The van der Waals surface area contributed by atoms with Gasteiger partial charge in [-0.05, 0) is 77.8 Å². The van der Waals surface area contributed by atoms with Crippen LogP contribution in [0.15, 0.2) is 66.8 Å². The zero-order valence-corrected chi connectivity index (χ0v) is 24.4. The first-order valence-electron chi connectivity index (χ1n) is 13.4. The van der Waals surface area contributed by atoms with Crippen LogP contribution >= 0.6 is 22.6 Å². The number of carbonyl (C=O) groups excluding carboxylic acids is 2. The number of rotatable bonds is 13. The number of para-hydroxylation sites is 1. The Bertz CT molecular complexity index is 1230. The molecule has 0 bridgehead atoms. The largest absolute Gasteiger partial charge is 0.482 e. The first kappa shape index (κ1) is 29.9. The summed E-state index contributed by atoms with van der Waals surface area (Å²) in [5.74, 6) is 1.31. The second-order valence-electron chi connectivity index (χ2n) is 9.69. The number of hydrogen-bond acceptors (Lipinski definition) is 7. The summed E-state index contributed by atoms with van der Waals surface area (Å²) in [6, 6.07) is 12.2. The highest BCUT2D eigenvalue weighted by atomic mass is 127. The smallest absolute Gasteiger partial charge is 0.247 e. The molecule has 0 unspecified atom stereocenters. The fourth-order valence-corrected chi connectivity index (χ4v) is 5.32. The highest BCUT2D eigenvalue weighted by Crippen LogP contribution is 2.35. The molecule has 2 aromatic rings. The molecule has 0 fully saturated rings. The zero-order valence-electron chi connectivity index (χ0n) is 22.3. The van der Waals surface area contributed by atoms with E-state index in [1.165, 1.54) is 0 Å². The van der Waals surface area contributed by atoms with Crippen LogP contribution in [-0.2, 0) is 16.1 Å². The van der Waals surface area contributed by atoms with E-state index in [1.807, 2.05) is 36.4 Å². The lowest BCUT2D eigenvalue weighted by molar-refractivity contribution is -0.139. The van der Waals surface area contributed by atoms with E-state index in [0.29, 0.717) is 35.7 Å². The maximum atomic E-state index is 13.7. The molecule has 1 aliphatic carbocycles. The molecule has 9 nitrogen and oxygen atoms in total. The van der Waals surface area contributed by atoms with Gasteiger partial charge in [0.1, 0.15) is 18.0 Å². The number of nitrogens with one attached hydrogen (secondary N) is 1. The maximum absolute atomic E-state index is 13.7. The van der Waals surface area contributed by atoms with Gasteiger partial charge in [-0.25, -0.2) is 0 Å². The van der Waals surface area contributed by atoms with E-state index in [9.17, 15) is 19.8 Å². The number of ether oxygens (including phenoxy) is 3. The number of nitrogens with zero attached hydrogens (tertiary/aromatic N) is 1. The van der Waals surface area contributed by atoms with Crippen LogP contribution in [-0.4, -0.2) is 65.1 Å². The van der Waals surface area contributed by atoms with Gasteiger partial charge in [0, 0.05) is 31.5 Å². The van der Waals surface area contributed by atoms with E-state index < -0.39 is 18.2 Å². The van der Waals surface area contributed by atoms with Crippen molar-refractivity contribution in [1.82, 2.24) is 10.2 Å². The van der Waals surface area contributed by atoms with E-state index in [4.69, 9.17) is 14.2 Å². The first-order chi connectivity index (χ1) is 19.4. The van der Waals surface area contributed by atoms with Crippen molar-refractivity contribution >= 4 is 34.4 Å². The van der Waals surface area contributed by atoms with Crippen molar-refractivity contribution in [1.29, 1.82) is 0 Å². The van der Waals surface area contributed by atoms with E-state index >= 15 is 0 Å². The Balaban J connectivity index is 1.65. The molecular formula is C30H35IN2O7. The Kier molecular flexibility index (Phi) is 10.8. The standard InChI is InChI=1S/C30H35IN2O7/c1-2-3-4-5-10-28(35)33(18-20-11-12-25-26(15-20)39-19-38-25)23-16-21(30(37)32-13-14-34)17-27(29(23)36)40-24-9-7-6-8-22(24)31/h2,6-9,11-12,15,17,23,27,29,34,36H,1,3-5,10,13-14,16,18-19H2,(H,32,37)/t23-,27+,29+/m1/s1. The molecular weight excluding hydrogens is 627 g/mol. The van der Waals surface area contributed by atoms with Gasteiger partial charge in [-0.15, -0.1) is 6.58 Å². The van der Waals surface area contributed by atoms with Gasteiger partial charge in [-0.3, -0.25) is 9.59 Å². The summed E-state index contributed by atoms with van der Waals surface area (Å²) >= 11 is 2.15. The Labute approximate surface area is 247 Å². The molecule has 0 saturated carbocycles. The zero-order chi connectivity index (χ0) is 28.5. The van der Waals surface area contributed by atoms with Gasteiger partial charge >= 0.3 is 0 Å². The second kappa shape index (κ2) is 14.5. The molecule has 1 heterocycles. The summed E-state index contributed by atoms with van der Waals surface area (Å²) in [7, 11) is 0. The van der Waals surface area contributed by atoms with E-state index in [1.54, 1.807) is 23.1 Å². The quantitative estimate of drug-likeness (QED) is 0.170. The number of hydrogen-bond donors (Lipinski definition) is 3. The minimum Gasteiger partial charge on any atom is -0.482 e. The van der Waals surface area contributed by atoms with Crippen LogP contribution in [0.5, 0.6) is 17.2 Å². The Morgan fingerprint density at radius 2 is 1.98 bits per heavy atom. The molecule has 0 spiro atoms. The molecule has 214 valence electrons. The molecule has 3 atom stereocenters. The van der Waals surface area contributed by atoms with Gasteiger partial charge in [0.25, 0.3) is 0 Å². The van der Waals surface area contributed by atoms with Crippen molar-refractivity contribution in [2.24, 2.45) is 0 Å². The predicted molar refractivity (Wildman–Crippen MR) is 158 cm³/mol. The lowest BCUT2D eigenvalue weighted by atomic mass is 9.87. The number of carbonyl (C=O) groups is 2. The van der Waals surface area contributed by atoms with Gasteiger partial charge in [0.2, 0.25) is 18.6 Å². The van der Waals surface area contributed by atoms with Crippen molar-refractivity contribution in [3.8, 4) is 17.2 Å². The third kappa shape index (κ3) is 7.55. The maximum Gasteiger partial charge on any atom is 0.247 e. The number of benzene rings is 2. The topological polar surface area (TPSA) is 118 Å². The number of fused-ring (bicyclic) bond motifs is 1. The molecule has 0 aromatic heterocycles. The monoisotopic (exact) mass is 662 g/mol. The van der Waals surface area contributed by atoms with Crippen LogP contribution in [0, 0.1) is 3.57 Å². The predicted octanol–water partition coefficient (Wildman–Crippen LogP) is 3.71. The van der Waals surface area contributed by atoms with Gasteiger partial charge in [0.05, 0.1) is 16.2 Å². The van der Waals surface area contributed by atoms with Crippen LogP contribution in [0.1, 0.15) is 37.7 Å². The van der Waals surface area contributed by atoms with E-state index in [0.717, 1.165) is 22.0 Å². The Morgan fingerprint density at radius 3 is 2.75 bits per heavy atom. The van der Waals surface area contributed by atoms with E-state index in [2.05, 4.69) is 34.5 Å². The fourth-order valence-electron chi connectivity index (χ4n) is 4.80. The number of unbranched alkanes of at least 4 members (excludes halogenated alkanes) is 2. The summed E-state index contributed by atoms with van der Waals surface area (Å²) < 4.78 is 18.0. The van der Waals surface area contributed by atoms with Gasteiger partial charge < -0.3 is 34.6 Å². The summed E-state index contributed by atoms with van der Waals surface area (Å²) in [6.07, 6.45) is 4.20. The van der Waals surface area contributed by atoms with Crippen LogP contribution < -0.4 is 19.5 Å². The highest BCUT2D eigenvalue weighted by Gasteiger charge is 2.40. The summed E-state index contributed by atoms with van der Waals surface area (Å²) in [4.78, 5) is 28.4. The lowest BCUT2D eigenvalue weighted by Crippen LogP contribution is -2.54. The van der Waals surface area contributed by atoms with Crippen LogP contribution in [0.25, 0.3) is 0 Å². The summed E-state index contributed by atoms with van der Waals surface area (Å²) in [5, 5.41) is 23.5. The summed E-state index contributed by atoms with van der Waals surface area (Å²) in [6.45, 7) is 3.99. The molecule has 0 saturated heterocycles. The van der Waals surface area contributed by atoms with Gasteiger partial charge in [-0.2, -0.15) is 0 Å². The Hall–Kier alpha value is -3.09. The third-order valence-electron chi connectivity index (χ3n) is 6.87. The molecule has 40 heavy (non-hydrogen) atoms. The minimum absolute atomic E-state index is 0.0919. The molecule has 3 N–H and O–H groups in total. The number of allylic oxidation sites excluding steroid dienone is 1. The highest BCUT2D eigenvalue weighted by molar-refractivity contribution is 14.1. The van der Waals surface area contributed by atoms with Gasteiger partial charge in [0.15, 0.2) is 11.5 Å². The third-order valence-corrected chi connectivity index (χ3v) is 7.76. The fraction of sp³-hybridized carbons (Fsp3) is 0.400. The van der Waals surface area contributed by atoms with Crippen LogP contribution in [0.3, 0.4) is 0 Å². The molecule has 2 aliphatic rings.